The molecule has 1 heterocycles. The van der Waals surface area contributed by atoms with E-state index in [4.69, 9.17) is 4.42 Å². The van der Waals surface area contributed by atoms with E-state index >= 15 is 0 Å². The maximum Gasteiger partial charge on any atom is 0.339 e. The van der Waals surface area contributed by atoms with E-state index in [0.29, 0.717) is 11.3 Å². The third-order valence-electron chi connectivity index (χ3n) is 2.13. The topological polar surface area (TPSA) is 30.2 Å². The lowest BCUT2D eigenvalue weighted by Crippen LogP contribution is -2.08. The summed E-state index contributed by atoms with van der Waals surface area (Å²) in [5.41, 5.74) is 2.06. The van der Waals surface area contributed by atoms with Crippen molar-refractivity contribution in [2.24, 2.45) is 0 Å². The molecule has 0 N–H and O–H groups in total. The van der Waals surface area contributed by atoms with Gasteiger partial charge in [0, 0.05) is 11.1 Å². The Morgan fingerprint density at radius 1 is 1.15 bits per heavy atom. The Kier molecular flexibility index (Phi) is 2.52. The highest BCUT2D eigenvalue weighted by molar-refractivity contribution is 5.62. The van der Waals surface area contributed by atoms with Crippen molar-refractivity contribution in [2.75, 3.05) is 0 Å². The lowest BCUT2D eigenvalue weighted by Gasteiger charge is -2.05. The SMILES string of the molecule is C=Cc1oc(=O)c(C)c(C)c1C=C. The molecule has 0 spiro atoms. The van der Waals surface area contributed by atoms with Crippen molar-refractivity contribution in [3.8, 4) is 0 Å². The number of hydrogen-bond donors (Lipinski definition) is 0. The maximum absolute atomic E-state index is 11.2. The van der Waals surface area contributed by atoms with Crippen LogP contribution in [0.3, 0.4) is 0 Å². The van der Waals surface area contributed by atoms with Crippen molar-refractivity contribution in [1.82, 2.24) is 0 Å². The monoisotopic (exact) mass is 176 g/mol. The van der Waals surface area contributed by atoms with Crippen LogP contribution in [0.25, 0.3) is 12.2 Å². The highest BCUT2D eigenvalue weighted by atomic mass is 16.4. The van der Waals surface area contributed by atoms with Gasteiger partial charge in [-0.05, 0) is 25.5 Å². The summed E-state index contributed by atoms with van der Waals surface area (Å²) in [6, 6.07) is 0. The van der Waals surface area contributed by atoms with Crippen LogP contribution in [-0.2, 0) is 0 Å². The molecular weight excluding hydrogens is 164 g/mol. The molecule has 0 aromatic carbocycles. The van der Waals surface area contributed by atoms with Crippen LogP contribution in [0.5, 0.6) is 0 Å². The van der Waals surface area contributed by atoms with Gasteiger partial charge in [0.25, 0.3) is 0 Å². The summed E-state index contributed by atoms with van der Waals surface area (Å²) in [6.45, 7) is 10.8. The van der Waals surface area contributed by atoms with Crippen molar-refractivity contribution in [1.29, 1.82) is 0 Å². The number of hydrogen-bond acceptors (Lipinski definition) is 2. The zero-order valence-electron chi connectivity index (χ0n) is 7.89. The second kappa shape index (κ2) is 3.44. The smallest absolute Gasteiger partial charge is 0.339 e. The van der Waals surface area contributed by atoms with Crippen molar-refractivity contribution < 1.29 is 4.42 Å². The average molecular weight is 176 g/mol. The Morgan fingerprint density at radius 2 is 1.77 bits per heavy atom. The molecule has 0 saturated carbocycles. The Bertz CT molecular complexity index is 411. The van der Waals surface area contributed by atoms with Crippen molar-refractivity contribution in [3.05, 3.63) is 46.0 Å². The highest BCUT2D eigenvalue weighted by Gasteiger charge is 2.08. The van der Waals surface area contributed by atoms with E-state index in [1.165, 1.54) is 6.08 Å². The molecule has 0 saturated heterocycles. The van der Waals surface area contributed by atoms with E-state index in [9.17, 15) is 4.79 Å². The molecule has 1 rings (SSSR count). The van der Waals surface area contributed by atoms with Gasteiger partial charge in [0.2, 0.25) is 0 Å². The summed E-state index contributed by atoms with van der Waals surface area (Å²) in [4.78, 5) is 11.2. The van der Waals surface area contributed by atoms with Crippen LogP contribution in [0.15, 0.2) is 22.4 Å². The van der Waals surface area contributed by atoms with Crippen molar-refractivity contribution >= 4 is 12.2 Å². The second-order valence-electron chi connectivity index (χ2n) is 2.83. The molecule has 1 aromatic rings. The van der Waals surface area contributed by atoms with Gasteiger partial charge in [0.1, 0.15) is 5.76 Å². The highest BCUT2D eigenvalue weighted by Crippen LogP contribution is 2.16. The zero-order valence-corrected chi connectivity index (χ0v) is 7.89. The van der Waals surface area contributed by atoms with E-state index in [0.717, 1.165) is 11.1 Å². The third-order valence-corrected chi connectivity index (χ3v) is 2.13. The van der Waals surface area contributed by atoms with Gasteiger partial charge in [0.05, 0.1) is 0 Å². The fourth-order valence-corrected chi connectivity index (χ4v) is 1.18. The minimum Gasteiger partial charge on any atom is -0.423 e. The lowest BCUT2D eigenvalue weighted by atomic mass is 10.0. The van der Waals surface area contributed by atoms with E-state index < -0.39 is 0 Å². The molecule has 2 heteroatoms. The fraction of sp³-hybridized carbons (Fsp3) is 0.182. The molecule has 0 aliphatic carbocycles. The predicted octanol–water partition coefficient (Wildman–Crippen LogP) is 2.54. The zero-order chi connectivity index (χ0) is 10.0. The van der Waals surface area contributed by atoms with Gasteiger partial charge < -0.3 is 4.42 Å². The molecule has 0 fully saturated rings. The Balaban J connectivity index is 3.67. The van der Waals surface area contributed by atoms with Crippen LogP contribution in [0, 0.1) is 13.8 Å². The molecule has 1 aromatic heterocycles. The van der Waals surface area contributed by atoms with Gasteiger partial charge in [-0.3, -0.25) is 0 Å². The standard InChI is InChI=1S/C11H12O2/c1-5-9-7(3)8(4)11(12)13-10(9)6-2/h5-6H,1-2H2,3-4H3. The first-order chi connectivity index (χ1) is 6.11. The molecule has 13 heavy (non-hydrogen) atoms. The van der Waals surface area contributed by atoms with Gasteiger partial charge in [0.15, 0.2) is 0 Å². The van der Waals surface area contributed by atoms with Crippen LogP contribution in [0.4, 0.5) is 0 Å². The largest absolute Gasteiger partial charge is 0.423 e. The third kappa shape index (κ3) is 1.47. The van der Waals surface area contributed by atoms with Crippen LogP contribution in [-0.4, -0.2) is 0 Å². The first-order valence-corrected chi connectivity index (χ1v) is 4.01. The minimum atomic E-state index is -0.307. The van der Waals surface area contributed by atoms with Crippen LogP contribution < -0.4 is 5.63 Å². The second-order valence-corrected chi connectivity index (χ2v) is 2.83. The minimum absolute atomic E-state index is 0.307. The Hall–Kier alpha value is -1.57. The van der Waals surface area contributed by atoms with Gasteiger partial charge in [-0.15, -0.1) is 0 Å². The molecule has 0 atom stereocenters. The van der Waals surface area contributed by atoms with Gasteiger partial charge in [-0.25, -0.2) is 4.79 Å². The van der Waals surface area contributed by atoms with Crippen LogP contribution in [0.2, 0.25) is 0 Å². The maximum atomic E-state index is 11.2. The summed E-state index contributed by atoms with van der Waals surface area (Å²) in [5.74, 6) is 0.489. The first kappa shape index (κ1) is 9.52. The molecule has 0 aliphatic rings. The lowest BCUT2D eigenvalue weighted by molar-refractivity contribution is 0.493. The molecule has 0 amide bonds. The molecule has 68 valence electrons. The summed E-state index contributed by atoms with van der Waals surface area (Å²) in [6.07, 6.45) is 3.19. The van der Waals surface area contributed by atoms with E-state index in [1.807, 2.05) is 6.92 Å². The van der Waals surface area contributed by atoms with E-state index in [-0.39, 0.29) is 5.63 Å². The molecule has 0 aliphatic heterocycles. The predicted molar refractivity (Wildman–Crippen MR) is 54.6 cm³/mol. The van der Waals surface area contributed by atoms with Crippen molar-refractivity contribution in [3.63, 3.8) is 0 Å². The quantitative estimate of drug-likeness (QED) is 0.693. The van der Waals surface area contributed by atoms with Gasteiger partial charge in [-0.1, -0.05) is 19.2 Å². The van der Waals surface area contributed by atoms with Crippen LogP contribution >= 0.6 is 0 Å². The van der Waals surface area contributed by atoms with E-state index in [1.54, 1.807) is 13.0 Å². The fourth-order valence-electron chi connectivity index (χ4n) is 1.18. The number of rotatable bonds is 2. The van der Waals surface area contributed by atoms with Gasteiger partial charge in [-0.2, -0.15) is 0 Å². The first-order valence-electron chi connectivity index (χ1n) is 4.01. The Morgan fingerprint density at radius 3 is 2.23 bits per heavy atom. The summed E-state index contributed by atoms with van der Waals surface area (Å²) in [7, 11) is 0. The van der Waals surface area contributed by atoms with Crippen molar-refractivity contribution in [2.45, 2.75) is 13.8 Å². The summed E-state index contributed by atoms with van der Waals surface area (Å²) in [5, 5.41) is 0. The molecular formula is C11H12O2. The normalized spacial score (nSPS) is 9.69. The summed E-state index contributed by atoms with van der Waals surface area (Å²) < 4.78 is 5.02. The van der Waals surface area contributed by atoms with Crippen LogP contribution in [0.1, 0.15) is 22.5 Å². The molecule has 0 radical (unpaired) electrons. The van der Waals surface area contributed by atoms with E-state index in [2.05, 4.69) is 13.2 Å². The summed E-state index contributed by atoms with van der Waals surface area (Å²) >= 11 is 0. The average Bonchev–Trinajstić information content (AvgIpc) is 2.13. The molecule has 0 unspecified atom stereocenters. The molecule has 2 nitrogen and oxygen atoms in total. The van der Waals surface area contributed by atoms with Gasteiger partial charge >= 0.3 is 5.63 Å². The Labute approximate surface area is 77.2 Å². The molecule has 0 bridgehead atoms.